The molecule has 0 bridgehead atoms. The average molecular weight is 427 g/mol. The third-order valence-corrected chi connectivity index (χ3v) is 4.76. The van der Waals surface area contributed by atoms with Gasteiger partial charge in [0.15, 0.2) is 5.69 Å². The molecule has 3 heterocycles. The van der Waals surface area contributed by atoms with E-state index in [1.165, 1.54) is 10.7 Å². The first kappa shape index (κ1) is 19.2. The molecule has 5 rings (SSSR count). The second-order valence-electron chi connectivity index (χ2n) is 6.75. The van der Waals surface area contributed by atoms with E-state index in [0.29, 0.717) is 22.4 Å². The van der Waals surface area contributed by atoms with E-state index in [4.69, 9.17) is 10.3 Å². The van der Waals surface area contributed by atoms with Crippen molar-refractivity contribution in [2.24, 2.45) is 5.73 Å². The molecule has 0 unspecified atom stereocenters. The zero-order valence-electron chi connectivity index (χ0n) is 16.4. The Morgan fingerprint density at radius 3 is 2.44 bits per heavy atom. The maximum Gasteiger partial charge on any atom is 0.281 e. The predicted molar refractivity (Wildman–Crippen MR) is 112 cm³/mol. The number of hydrogen-bond donors (Lipinski definition) is 1. The third kappa shape index (κ3) is 3.39. The van der Waals surface area contributed by atoms with Crippen LogP contribution in [0.3, 0.4) is 0 Å². The van der Waals surface area contributed by atoms with Crippen molar-refractivity contribution >= 4 is 5.91 Å². The van der Waals surface area contributed by atoms with Gasteiger partial charge in [0, 0.05) is 29.1 Å². The third-order valence-electron chi connectivity index (χ3n) is 4.76. The van der Waals surface area contributed by atoms with Crippen LogP contribution in [0.2, 0.25) is 0 Å². The Morgan fingerprint density at radius 2 is 1.72 bits per heavy atom. The highest BCUT2D eigenvalue weighted by Gasteiger charge is 2.24. The molecule has 156 valence electrons. The summed E-state index contributed by atoms with van der Waals surface area (Å²) in [5, 5.41) is 12.3. The zero-order valence-corrected chi connectivity index (χ0v) is 16.4. The average Bonchev–Trinajstić information content (AvgIpc) is 3.47. The van der Waals surface area contributed by atoms with Crippen molar-refractivity contribution in [2.75, 3.05) is 0 Å². The number of carbonyl (C=O) groups excluding carboxylic acids is 1. The van der Waals surface area contributed by atoms with Crippen molar-refractivity contribution in [1.29, 1.82) is 0 Å². The Bertz CT molecular complexity index is 1410. The molecule has 9 nitrogen and oxygen atoms in total. The number of para-hydroxylation sites is 1. The van der Waals surface area contributed by atoms with Crippen LogP contribution in [-0.2, 0) is 0 Å². The van der Waals surface area contributed by atoms with E-state index in [1.807, 2.05) is 0 Å². The van der Waals surface area contributed by atoms with Gasteiger partial charge in [-0.05, 0) is 36.4 Å². The fourth-order valence-electron chi connectivity index (χ4n) is 3.21. The lowest BCUT2D eigenvalue weighted by molar-refractivity contribution is 0.100. The van der Waals surface area contributed by atoms with Crippen molar-refractivity contribution in [3.8, 4) is 39.9 Å². The summed E-state index contributed by atoms with van der Waals surface area (Å²) in [5.41, 5.74) is 7.93. The number of amides is 1. The first-order valence-corrected chi connectivity index (χ1v) is 9.47. The standard InChI is InChI=1S/C22H14FN7O2/c23-16-3-1-2-4-17(16)30-19(13-9-11-25-12-10-13)18(27-29-30)22-26-21(28-32-22)15-7-5-14(6-8-15)20(24)31/h1-12H,(H2,24,31). The van der Waals surface area contributed by atoms with Gasteiger partial charge in [0.2, 0.25) is 11.7 Å². The number of rotatable bonds is 5. The van der Waals surface area contributed by atoms with Gasteiger partial charge in [-0.1, -0.05) is 34.6 Å². The lowest BCUT2D eigenvalue weighted by Gasteiger charge is -2.08. The van der Waals surface area contributed by atoms with Crippen molar-refractivity contribution in [2.45, 2.75) is 0 Å². The molecule has 0 aliphatic carbocycles. The predicted octanol–water partition coefficient (Wildman–Crippen LogP) is 3.28. The number of benzene rings is 2. The Kier molecular flexibility index (Phi) is 4.71. The highest BCUT2D eigenvalue weighted by atomic mass is 19.1. The minimum absolute atomic E-state index is 0.105. The first-order chi connectivity index (χ1) is 15.6. The summed E-state index contributed by atoms with van der Waals surface area (Å²) in [4.78, 5) is 19.7. The molecule has 0 saturated heterocycles. The quantitative estimate of drug-likeness (QED) is 0.456. The van der Waals surface area contributed by atoms with Gasteiger partial charge in [0.05, 0.1) is 0 Å². The fourth-order valence-corrected chi connectivity index (χ4v) is 3.21. The van der Waals surface area contributed by atoms with Gasteiger partial charge in [-0.3, -0.25) is 9.78 Å². The van der Waals surface area contributed by atoms with Crippen molar-refractivity contribution < 1.29 is 13.7 Å². The van der Waals surface area contributed by atoms with Gasteiger partial charge >= 0.3 is 0 Å². The molecule has 10 heteroatoms. The van der Waals surface area contributed by atoms with Crippen LogP contribution in [0.4, 0.5) is 4.39 Å². The van der Waals surface area contributed by atoms with E-state index in [-0.39, 0.29) is 23.1 Å². The Hall–Kier alpha value is -4.73. The summed E-state index contributed by atoms with van der Waals surface area (Å²) in [6.45, 7) is 0. The highest BCUT2D eigenvalue weighted by Crippen LogP contribution is 2.32. The molecule has 0 spiro atoms. The van der Waals surface area contributed by atoms with Crippen molar-refractivity contribution in [3.63, 3.8) is 0 Å². The number of halogens is 1. The van der Waals surface area contributed by atoms with Gasteiger partial charge < -0.3 is 10.3 Å². The maximum atomic E-state index is 14.5. The zero-order chi connectivity index (χ0) is 22.1. The largest absolute Gasteiger partial charge is 0.366 e. The van der Waals surface area contributed by atoms with Gasteiger partial charge in [0.1, 0.15) is 17.2 Å². The second-order valence-corrected chi connectivity index (χ2v) is 6.75. The number of nitrogens with zero attached hydrogens (tertiary/aromatic N) is 6. The highest BCUT2D eigenvalue weighted by molar-refractivity contribution is 5.93. The first-order valence-electron chi connectivity index (χ1n) is 9.47. The lowest BCUT2D eigenvalue weighted by Crippen LogP contribution is -2.10. The number of aromatic nitrogens is 6. The van der Waals surface area contributed by atoms with E-state index in [0.717, 1.165) is 0 Å². The normalized spacial score (nSPS) is 10.9. The molecule has 3 aromatic heterocycles. The van der Waals surface area contributed by atoms with Crippen molar-refractivity contribution in [3.05, 3.63) is 84.4 Å². The second kappa shape index (κ2) is 7.84. The molecule has 32 heavy (non-hydrogen) atoms. The van der Waals surface area contributed by atoms with Crippen molar-refractivity contribution in [1.82, 2.24) is 30.1 Å². The maximum absolute atomic E-state index is 14.5. The molecular weight excluding hydrogens is 413 g/mol. The van der Waals surface area contributed by atoms with Gasteiger partial charge in [-0.15, -0.1) is 5.10 Å². The van der Waals surface area contributed by atoms with Crippen LogP contribution in [-0.4, -0.2) is 36.0 Å². The molecule has 0 radical (unpaired) electrons. The van der Waals surface area contributed by atoms with Gasteiger partial charge in [0.25, 0.3) is 5.89 Å². The molecule has 5 aromatic rings. The topological polar surface area (TPSA) is 126 Å². The number of hydrogen-bond acceptors (Lipinski definition) is 7. The number of pyridine rings is 1. The number of carbonyl (C=O) groups is 1. The molecule has 1 amide bonds. The van der Waals surface area contributed by atoms with E-state index < -0.39 is 11.7 Å². The van der Waals surface area contributed by atoms with Crippen LogP contribution in [0.15, 0.2) is 77.6 Å². The molecule has 0 atom stereocenters. The minimum atomic E-state index is -0.530. The fraction of sp³-hybridized carbons (Fsp3) is 0. The summed E-state index contributed by atoms with van der Waals surface area (Å²) in [6.07, 6.45) is 3.22. The van der Waals surface area contributed by atoms with Gasteiger partial charge in [-0.25, -0.2) is 9.07 Å². The van der Waals surface area contributed by atoms with Crippen LogP contribution >= 0.6 is 0 Å². The van der Waals surface area contributed by atoms with Crippen LogP contribution < -0.4 is 5.73 Å². The summed E-state index contributed by atoms with van der Waals surface area (Å²) < 4.78 is 21.3. The number of primary amides is 1. The molecular formula is C22H14FN7O2. The molecule has 0 aliphatic heterocycles. The summed E-state index contributed by atoms with van der Waals surface area (Å²) >= 11 is 0. The molecule has 2 aromatic carbocycles. The Morgan fingerprint density at radius 1 is 0.969 bits per heavy atom. The van der Waals surface area contributed by atoms with E-state index >= 15 is 0 Å². The Labute approximate surface area is 180 Å². The SMILES string of the molecule is NC(=O)c1ccc(-c2noc(-c3nnn(-c4ccccc4F)c3-c3ccncc3)n2)cc1. The molecule has 0 aliphatic rings. The van der Waals surface area contributed by atoms with E-state index in [9.17, 15) is 9.18 Å². The van der Waals surface area contributed by atoms with E-state index in [2.05, 4.69) is 25.4 Å². The van der Waals surface area contributed by atoms with Crippen LogP contribution in [0.25, 0.3) is 39.9 Å². The monoisotopic (exact) mass is 427 g/mol. The number of nitrogens with two attached hydrogens (primary N) is 1. The van der Waals surface area contributed by atoms with E-state index in [1.54, 1.807) is 67.0 Å². The molecule has 0 fully saturated rings. The van der Waals surface area contributed by atoms with Crippen LogP contribution in [0.5, 0.6) is 0 Å². The molecule has 0 saturated carbocycles. The molecule has 2 N–H and O–H groups in total. The van der Waals surface area contributed by atoms with Crippen LogP contribution in [0.1, 0.15) is 10.4 Å². The summed E-state index contributed by atoms with van der Waals surface area (Å²) in [6, 6.07) is 16.2. The van der Waals surface area contributed by atoms with Crippen LogP contribution in [0, 0.1) is 5.82 Å². The van der Waals surface area contributed by atoms with Gasteiger partial charge in [-0.2, -0.15) is 4.98 Å². The minimum Gasteiger partial charge on any atom is -0.366 e. The summed E-state index contributed by atoms with van der Waals surface area (Å²) in [5.74, 6) is -0.595. The lowest BCUT2D eigenvalue weighted by atomic mass is 10.1. The smallest absolute Gasteiger partial charge is 0.281 e. The Balaban J connectivity index is 1.62. The summed E-state index contributed by atoms with van der Waals surface area (Å²) in [7, 11) is 0.